The Morgan fingerprint density at radius 2 is 2.22 bits per heavy atom. The van der Waals surface area contributed by atoms with Crippen LogP contribution in [0.15, 0.2) is 16.6 Å². The molecule has 1 aliphatic heterocycles. The molecule has 9 heteroatoms. The minimum atomic E-state index is -0.812. The highest BCUT2D eigenvalue weighted by Gasteiger charge is 2.32. The predicted molar refractivity (Wildman–Crippen MR) is 90.3 cm³/mol. The third kappa shape index (κ3) is 4.19. The van der Waals surface area contributed by atoms with Gasteiger partial charge < -0.3 is 10.6 Å². The van der Waals surface area contributed by atoms with Gasteiger partial charge in [0.05, 0.1) is 16.6 Å². The summed E-state index contributed by atoms with van der Waals surface area (Å²) < 4.78 is 13.6. The summed E-state index contributed by atoms with van der Waals surface area (Å²) in [5, 5.41) is 11.0. The lowest BCUT2D eigenvalue weighted by Gasteiger charge is -2.38. The first kappa shape index (κ1) is 19.8. The number of nitro benzene ring substituents is 1. The topological polar surface area (TPSA) is 89.5 Å². The molecule has 1 saturated heterocycles. The fourth-order valence-corrected chi connectivity index (χ4v) is 3.30. The van der Waals surface area contributed by atoms with Gasteiger partial charge in [0.15, 0.2) is 0 Å². The lowest BCUT2D eigenvalue weighted by atomic mass is 9.92. The zero-order valence-corrected chi connectivity index (χ0v) is 14.9. The molecule has 2 N–H and O–H groups in total. The summed E-state index contributed by atoms with van der Waals surface area (Å²) in [5.74, 6) is -0.785. The SMILES string of the molecule is CC1CCN(C(=O)c2cc(F)cc([N+](=O)[O-])c2Br)C(CN)C1.Cl. The fraction of sp³-hybridized carbons (Fsp3) is 0.500. The molecule has 1 aliphatic rings. The number of nitro groups is 1. The molecule has 2 rings (SSSR count). The molecule has 1 fully saturated rings. The summed E-state index contributed by atoms with van der Waals surface area (Å²) in [7, 11) is 0. The smallest absolute Gasteiger partial charge is 0.287 e. The van der Waals surface area contributed by atoms with Gasteiger partial charge in [-0.25, -0.2) is 4.39 Å². The molecule has 2 unspecified atom stereocenters. The average Bonchev–Trinajstić information content (AvgIpc) is 2.48. The number of rotatable bonds is 3. The number of hydrogen-bond acceptors (Lipinski definition) is 4. The van der Waals surface area contributed by atoms with Gasteiger partial charge in [-0.1, -0.05) is 6.92 Å². The summed E-state index contributed by atoms with van der Waals surface area (Å²) in [6.45, 7) is 2.91. The summed E-state index contributed by atoms with van der Waals surface area (Å²) in [6, 6.07) is 1.68. The first-order valence-corrected chi connectivity index (χ1v) is 7.79. The maximum Gasteiger partial charge on any atom is 0.287 e. The van der Waals surface area contributed by atoms with Gasteiger partial charge in [0, 0.05) is 19.1 Å². The molecule has 0 radical (unpaired) electrons. The predicted octanol–water partition coefficient (Wildman–Crippen LogP) is 3.12. The van der Waals surface area contributed by atoms with Crippen LogP contribution in [0.4, 0.5) is 10.1 Å². The molecule has 0 aliphatic carbocycles. The van der Waals surface area contributed by atoms with Crippen LogP contribution in [0, 0.1) is 21.8 Å². The van der Waals surface area contributed by atoms with Crippen LogP contribution < -0.4 is 5.73 Å². The highest BCUT2D eigenvalue weighted by Crippen LogP contribution is 2.32. The number of benzene rings is 1. The number of hydrogen-bond donors (Lipinski definition) is 1. The Morgan fingerprint density at radius 3 is 2.78 bits per heavy atom. The van der Waals surface area contributed by atoms with E-state index in [1.807, 2.05) is 0 Å². The van der Waals surface area contributed by atoms with Crippen molar-refractivity contribution in [2.24, 2.45) is 11.7 Å². The van der Waals surface area contributed by atoms with Crippen LogP contribution in [-0.2, 0) is 0 Å². The lowest BCUT2D eigenvalue weighted by Crippen LogP contribution is -2.49. The normalized spacial score (nSPS) is 20.8. The van der Waals surface area contributed by atoms with Crippen molar-refractivity contribution < 1.29 is 14.1 Å². The van der Waals surface area contributed by atoms with E-state index >= 15 is 0 Å². The largest absolute Gasteiger partial charge is 0.334 e. The van der Waals surface area contributed by atoms with Crippen LogP contribution in [0.2, 0.25) is 0 Å². The first-order chi connectivity index (χ1) is 10.3. The van der Waals surface area contributed by atoms with Crippen molar-refractivity contribution in [3.8, 4) is 0 Å². The number of likely N-dealkylation sites (tertiary alicyclic amines) is 1. The Kier molecular flexibility index (Phi) is 6.91. The van der Waals surface area contributed by atoms with Gasteiger partial charge in [0.25, 0.3) is 11.6 Å². The minimum Gasteiger partial charge on any atom is -0.334 e. The van der Waals surface area contributed by atoms with Crippen molar-refractivity contribution in [3.63, 3.8) is 0 Å². The van der Waals surface area contributed by atoms with Crippen molar-refractivity contribution in [2.75, 3.05) is 13.1 Å². The highest BCUT2D eigenvalue weighted by molar-refractivity contribution is 9.10. The van der Waals surface area contributed by atoms with E-state index in [9.17, 15) is 19.3 Å². The van der Waals surface area contributed by atoms with E-state index in [0.29, 0.717) is 19.0 Å². The van der Waals surface area contributed by atoms with E-state index in [0.717, 1.165) is 25.0 Å². The number of amides is 1. The first-order valence-electron chi connectivity index (χ1n) is 6.99. The van der Waals surface area contributed by atoms with Gasteiger partial charge in [-0.3, -0.25) is 14.9 Å². The maximum absolute atomic E-state index is 13.6. The quantitative estimate of drug-likeness (QED) is 0.612. The number of carbonyl (C=O) groups excluding carboxylic acids is 1. The molecule has 128 valence electrons. The Hall–Kier alpha value is -1.25. The maximum atomic E-state index is 13.6. The van der Waals surface area contributed by atoms with E-state index in [1.165, 1.54) is 0 Å². The minimum absolute atomic E-state index is 0. The summed E-state index contributed by atoms with van der Waals surface area (Å²) >= 11 is 3.05. The van der Waals surface area contributed by atoms with Gasteiger partial charge in [0.2, 0.25) is 0 Å². The molecule has 6 nitrogen and oxygen atoms in total. The Labute approximate surface area is 147 Å². The van der Waals surface area contributed by atoms with Crippen LogP contribution >= 0.6 is 28.3 Å². The number of piperidine rings is 1. The monoisotopic (exact) mass is 409 g/mol. The summed E-state index contributed by atoms with van der Waals surface area (Å²) in [4.78, 5) is 24.5. The number of halogens is 3. The Morgan fingerprint density at radius 1 is 1.57 bits per heavy atom. The van der Waals surface area contributed by atoms with Gasteiger partial charge in [-0.15, -0.1) is 12.4 Å². The number of carbonyl (C=O) groups is 1. The van der Waals surface area contributed by atoms with Crippen LogP contribution in [0.25, 0.3) is 0 Å². The van der Waals surface area contributed by atoms with Crippen LogP contribution in [0.3, 0.4) is 0 Å². The van der Waals surface area contributed by atoms with Crippen molar-refractivity contribution in [1.29, 1.82) is 0 Å². The van der Waals surface area contributed by atoms with Crippen LogP contribution in [0.1, 0.15) is 30.1 Å². The molecule has 2 atom stereocenters. The zero-order valence-electron chi connectivity index (χ0n) is 12.5. The molecular weight excluding hydrogens is 393 g/mol. The standard InChI is InChI=1S/C14H17BrFN3O3.ClH/c1-8-2-3-18(10(4-8)7-17)14(20)11-5-9(16)6-12(13(11)15)19(21)22;/h5-6,8,10H,2-4,7,17H2,1H3;1H. The van der Waals surface area contributed by atoms with E-state index in [2.05, 4.69) is 22.9 Å². The molecule has 1 heterocycles. The second kappa shape index (κ2) is 8.03. The number of nitrogens with two attached hydrogens (primary N) is 1. The molecule has 0 saturated carbocycles. The molecule has 1 aromatic carbocycles. The molecule has 0 spiro atoms. The third-order valence-electron chi connectivity index (χ3n) is 3.96. The second-order valence-corrected chi connectivity index (χ2v) is 6.35. The van der Waals surface area contributed by atoms with Crippen molar-refractivity contribution in [3.05, 3.63) is 38.1 Å². The summed E-state index contributed by atoms with van der Waals surface area (Å²) in [5.41, 5.74) is 5.23. The van der Waals surface area contributed by atoms with Gasteiger partial charge in [-0.2, -0.15) is 0 Å². The van der Waals surface area contributed by atoms with E-state index in [4.69, 9.17) is 5.73 Å². The fourth-order valence-electron chi connectivity index (χ4n) is 2.76. The van der Waals surface area contributed by atoms with E-state index in [1.54, 1.807) is 4.90 Å². The second-order valence-electron chi connectivity index (χ2n) is 5.56. The van der Waals surface area contributed by atoms with Crippen LogP contribution in [0.5, 0.6) is 0 Å². The van der Waals surface area contributed by atoms with Crippen molar-refractivity contribution in [1.82, 2.24) is 4.90 Å². The lowest BCUT2D eigenvalue weighted by molar-refractivity contribution is -0.385. The average molecular weight is 411 g/mol. The molecule has 23 heavy (non-hydrogen) atoms. The van der Waals surface area contributed by atoms with Crippen molar-refractivity contribution in [2.45, 2.75) is 25.8 Å². The molecule has 0 bridgehead atoms. The van der Waals surface area contributed by atoms with Gasteiger partial charge >= 0.3 is 0 Å². The molecule has 1 amide bonds. The summed E-state index contributed by atoms with van der Waals surface area (Å²) in [6.07, 6.45) is 1.61. The zero-order chi connectivity index (χ0) is 16.4. The Bertz CT molecular complexity index is 617. The molecule has 1 aromatic rings. The molecular formula is C14H18BrClFN3O3. The third-order valence-corrected chi connectivity index (χ3v) is 4.79. The highest BCUT2D eigenvalue weighted by atomic mass is 79.9. The van der Waals surface area contributed by atoms with E-state index in [-0.39, 0.29) is 28.5 Å². The van der Waals surface area contributed by atoms with Crippen molar-refractivity contribution >= 4 is 39.9 Å². The molecule has 0 aromatic heterocycles. The van der Waals surface area contributed by atoms with E-state index < -0.39 is 22.3 Å². The van der Waals surface area contributed by atoms with Gasteiger partial charge in [-0.05, 0) is 40.8 Å². The number of nitrogens with zero attached hydrogens (tertiary/aromatic N) is 2. The Balaban J connectivity index is 0.00000264. The van der Waals surface area contributed by atoms with Gasteiger partial charge in [0.1, 0.15) is 10.3 Å². The van der Waals surface area contributed by atoms with Crippen LogP contribution in [-0.4, -0.2) is 34.9 Å².